The van der Waals surface area contributed by atoms with E-state index in [0.29, 0.717) is 12.4 Å². The maximum Gasteiger partial charge on any atom is 0.317 e. The van der Waals surface area contributed by atoms with Gasteiger partial charge in [-0.25, -0.2) is 18.6 Å². The highest BCUT2D eigenvalue weighted by atomic mass is 19.3. The van der Waals surface area contributed by atoms with Gasteiger partial charge in [-0.05, 0) is 30.7 Å². The van der Waals surface area contributed by atoms with Gasteiger partial charge in [0, 0.05) is 40.3 Å². The van der Waals surface area contributed by atoms with Crippen molar-refractivity contribution in [3.05, 3.63) is 42.1 Å². The van der Waals surface area contributed by atoms with Crippen LogP contribution < -0.4 is 19.9 Å². The van der Waals surface area contributed by atoms with Crippen molar-refractivity contribution in [2.45, 2.75) is 31.9 Å². The van der Waals surface area contributed by atoms with Gasteiger partial charge in [0.1, 0.15) is 17.7 Å². The van der Waals surface area contributed by atoms with E-state index in [2.05, 4.69) is 20.2 Å². The first-order valence-corrected chi connectivity index (χ1v) is 10.5. The van der Waals surface area contributed by atoms with Gasteiger partial charge in [0.05, 0.1) is 19.1 Å². The number of rotatable bonds is 8. The van der Waals surface area contributed by atoms with E-state index < -0.39 is 13.0 Å². The van der Waals surface area contributed by atoms with E-state index in [9.17, 15) is 13.6 Å². The quantitative estimate of drug-likeness (QED) is 0.669. The second kappa shape index (κ2) is 10.4. The lowest BCUT2D eigenvalue weighted by Gasteiger charge is -2.21. The number of carbonyl (C=O) groups is 1. The minimum atomic E-state index is -2.45. The molecule has 174 valence electrons. The Kier molecular flexibility index (Phi) is 7.66. The summed E-state index contributed by atoms with van der Waals surface area (Å²) in [6, 6.07) is 9.21. The van der Waals surface area contributed by atoms with Crippen LogP contribution in [0.1, 0.15) is 24.9 Å². The average Bonchev–Trinajstić information content (AvgIpc) is 3.22. The second-order valence-electron chi connectivity index (χ2n) is 8.10. The molecule has 0 radical (unpaired) electrons. The van der Waals surface area contributed by atoms with Crippen LogP contribution in [0.15, 0.2) is 36.5 Å². The Morgan fingerprint density at radius 3 is 2.62 bits per heavy atom. The van der Waals surface area contributed by atoms with Crippen molar-refractivity contribution in [3.8, 4) is 5.75 Å². The van der Waals surface area contributed by atoms with Crippen LogP contribution in [0.4, 0.5) is 25.3 Å². The topological polar surface area (TPSA) is 73.8 Å². The number of amides is 2. The highest BCUT2D eigenvalue weighted by molar-refractivity contribution is 5.74. The summed E-state index contributed by atoms with van der Waals surface area (Å²) in [5.41, 5.74) is 0.988. The summed E-state index contributed by atoms with van der Waals surface area (Å²) in [6.45, 7) is 2.92. The molecule has 1 aromatic carbocycles. The molecule has 32 heavy (non-hydrogen) atoms. The zero-order valence-electron chi connectivity index (χ0n) is 18.8. The minimum absolute atomic E-state index is 0.0103. The maximum absolute atomic E-state index is 12.6. The molecule has 1 N–H and O–H groups in total. The highest BCUT2D eigenvalue weighted by Crippen LogP contribution is 2.24. The number of benzene rings is 1. The van der Waals surface area contributed by atoms with E-state index >= 15 is 0 Å². The molecule has 2 aromatic rings. The standard InChI is InChI=1S/C22H30F2N6O2/c1-15(26-22(31)28(2)3)16-5-7-17(8-6-16)32-18-10-12-30(13-18)20-9-11-25-21(27-20)29(4)14-19(23)24/h5-9,11,15,18-19H,10,12-14H2,1-4H3,(H,26,31)/t15?,18-/m1/s1. The summed E-state index contributed by atoms with van der Waals surface area (Å²) in [5.74, 6) is 1.73. The van der Waals surface area contributed by atoms with Crippen molar-refractivity contribution in [1.29, 1.82) is 0 Å². The van der Waals surface area contributed by atoms with Crippen LogP contribution in [-0.2, 0) is 0 Å². The van der Waals surface area contributed by atoms with Gasteiger partial charge in [-0.3, -0.25) is 0 Å². The van der Waals surface area contributed by atoms with Crippen molar-refractivity contribution in [2.24, 2.45) is 0 Å². The molecular formula is C22H30F2N6O2. The van der Waals surface area contributed by atoms with E-state index in [4.69, 9.17) is 4.74 Å². The fraction of sp³-hybridized carbons (Fsp3) is 0.500. The number of halogens is 2. The van der Waals surface area contributed by atoms with Crippen LogP contribution in [0.25, 0.3) is 0 Å². The van der Waals surface area contributed by atoms with Crippen LogP contribution in [0, 0.1) is 0 Å². The Morgan fingerprint density at radius 1 is 1.25 bits per heavy atom. The smallest absolute Gasteiger partial charge is 0.317 e. The van der Waals surface area contributed by atoms with Gasteiger partial charge in [-0.2, -0.15) is 4.98 Å². The predicted octanol–water partition coefficient (Wildman–Crippen LogP) is 3.17. The number of aromatic nitrogens is 2. The largest absolute Gasteiger partial charge is 0.489 e. The van der Waals surface area contributed by atoms with Gasteiger partial charge < -0.3 is 24.8 Å². The maximum atomic E-state index is 12.6. The number of ether oxygens (including phenoxy) is 1. The minimum Gasteiger partial charge on any atom is -0.489 e. The molecule has 3 rings (SSSR count). The molecule has 1 unspecified atom stereocenters. The molecule has 0 spiro atoms. The first-order chi connectivity index (χ1) is 15.2. The fourth-order valence-electron chi connectivity index (χ4n) is 3.45. The van der Waals surface area contributed by atoms with Gasteiger partial charge >= 0.3 is 6.03 Å². The lowest BCUT2D eigenvalue weighted by molar-refractivity contribution is 0.156. The Hall–Kier alpha value is -3.17. The molecule has 1 saturated heterocycles. The summed E-state index contributed by atoms with van der Waals surface area (Å²) >= 11 is 0. The molecule has 1 aliphatic rings. The van der Waals surface area contributed by atoms with E-state index in [1.807, 2.05) is 31.2 Å². The van der Waals surface area contributed by atoms with E-state index in [-0.39, 0.29) is 24.1 Å². The first-order valence-electron chi connectivity index (χ1n) is 10.5. The molecule has 1 aromatic heterocycles. The summed E-state index contributed by atoms with van der Waals surface area (Å²) in [4.78, 5) is 25.3. The molecule has 2 atom stereocenters. The number of nitrogens with zero attached hydrogens (tertiary/aromatic N) is 5. The highest BCUT2D eigenvalue weighted by Gasteiger charge is 2.26. The Balaban J connectivity index is 1.56. The first kappa shape index (κ1) is 23.5. The molecule has 8 nitrogen and oxygen atoms in total. The molecule has 1 fully saturated rings. The van der Waals surface area contributed by atoms with E-state index in [1.54, 1.807) is 33.4 Å². The van der Waals surface area contributed by atoms with Crippen molar-refractivity contribution < 1.29 is 18.3 Å². The number of anilines is 2. The third kappa shape index (κ3) is 6.18. The number of hydrogen-bond donors (Lipinski definition) is 1. The average molecular weight is 449 g/mol. The van der Waals surface area contributed by atoms with Crippen molar-refractivity contribution >= 4 is 17.8 Å². The van der Waals surface area contributed by atoms with Crippen molar-refractivity contribution in [2.75, 3.05) is 50.6 Å². The fourth-order valence-corrected chi connectivity index (χ4v) is 3.45. The zero-order chi connectivity index (χ0) is 23.3. The number of hydrogen-bond acceptors (Lipinski definition) is 6. The Bertz CT molecular complexity index is 896. The molecule has 0 aliphatic carbocycles. The zero-order valence-corrected chi connectivity index (χ0v) is 18.8. The normalized spacial score (nSPS) is 16.7. The third-order valence-electron chi connectivity index (χ3n) is 5.28. The summed E-state index contributed by atoms with van der Waals surface area (Å²) in [5, 5.41) is 2.92. The molecule has 2 amide bonds. The van der Waals surface area contributed by atoms with Gasteiger partial charge in [0.15, 0.2) is 0 Å². The van der Waals surface area contributed by atoms with Crippen molar-refractivity contribution in [1.82, 2.24) is 20.2 Å². The van der Waals surface area contributed by atoms with Crippen LogP contribution in [0.5, 0.6) is 5.75 Å². The van der Waals surface area contributed by atoms with Gasteiger partial charge in [-0.1, -0.05) is 12.1 Å². The van der Waals surface area contributed by atoms with Crippen LogP contribution in [0.2, 0.25) is 0 Å². The summed E-state index contributed by atoms with van der Waals surface area (Å²) in [7, 11) is 4.96. The number of alkyl halides is 2. The van der Waals surface area contributed by atoms with Gasteiger partial charge in [0.2, 0.25) is 5.95 Å². The molecule has 0 saturated carbocycles. The molecule has 0 bridgehead atoms. The van der Waals surface area contributed by atoms with Gasteiger partial charge in [-0.15, -0.1) is 0 Å². The van der Waals surface area contributed by atoms with Crippen LogP contribution in [-0.4, -0.2) is 74.2 Å². The van der Waals surface area contributed by atoms with Crippen LogP contribution in [0.3, 0.4) is 0 Å². The SMILES string of the molecule is CC(NC(=O)N(C)C)c1ccc(O[C@@H]2CCN(c3ccnc(N(C)CC(F)F)n3)C2)cc1. The van der Waals surface area contributed by atoms with E-state index in [0.717, 1.165) is 24.3 Å². The van der Waals surface area contributed by atoms with E-state index in [1.165, 1.54) is 9.80 Å². The number of nitrogens with one attached hydrogen (secondary N) is 1. The number of carbonyl (C=O) groups excluding carboxylic acids is 1. The van der Waals surface area contributed by atoms with Crippen molar-refractivity contribution in [3.63, 3.8) is 0 Å². The molecule has 2 heterocycles. The lowest BCUT2D eigenvalue weighted by Crippen LogP contribution is -2.36. The second-order valence-corrected chi connectivity index (χ2v) is 8.10. The monoisotopic (exact) mass is 448 g/mol. The summed E-state index contributed by atoms with van der Waals surface area (Å²) < 4.78 is 31.4. The molecule has 10 heteroatoms. The van der Waals surface area contributed by atoms with Gasteiger partial charge in [0.25, 0.3) is 6.43 Å². The Morgan fingerprint density at radius 2 is 1.97 bits per heavy atom. The molecular weight excluding hydrogens is 418 g/mol. The number of urea groups is 1. The molecule has 1 aliphatic heterocycles. The Labute approximate surface area is 187 Å². The van der Waals surface area contributed by atoms with Crippen LogP contribution >= 0.6 is 0 Å². The third-order valence-corrected chi connectivity index (χ3v) is 5.28. The lowest BCUT2D eigenvalue weighted by atomic mass is 10.1. The predicted molar refractivity (Wildman–Crippen MR) is 120 cm³/mol. The summed E-state index contributed by atoms with van der Waals surface area (Å²) in [6.07, 6.45) is -0.0501.